The molecule has 0 radical (unpaired) electrons. The van der Waals surface area contributed by atoms with Crippen LogP contribution in [0.5, 0.6) is 0 Å². The molecule has 146 valence electrons. The summed E-state index contributed by atoms with van der Waals surface area (Å²) >= 11 is 6.01. The Labute approximate surface area is 172 Å². The zero-order valence-corrected chi connectivity index (χ0v) is 16.5. The van der Waals surface area contributed by atoms with Crippen LogP contribution in [0.3, 0.4) is 0 Å². The smallest absolute Gasteiger partial charge is 0.261 e. The van der Waals surface area contributed by atoms with Gasteiger partial charge in [-0.25, -0.2) is 0 Å². The lowest BCUT2D eigenvalue weighted by Crippen LogP contribution is -2.13. The fourth-order valence-electron chi connectivity index (χ4n) is 2.94. The molecule has 8 heteroatoms. The average molecular weight is 407 g/mol. The molecule has 0 saturated carbocycles. The average Bonchev–Trinajstić information content (AvgIpc) is 3.36. The minimum atomic E-state index is -0.323. The summed E-state index contributed by atoms with van der Waals surface area (Å²) in [6.45, 7) is 2.51. The van der Waals surface area contributed by atoms with E-state index in [1.807, 2.05) is 49.4 Å². The quantitative estimate of drug-likeness (QED) is 0.502. The van der Waals surface area contributed by atoms with E-state index in [0.29, 0.717) is 35.1 Å². The molecule has 0 atom stereocenters. The number of carbonyl (C=O) groups is 1. The lowest BCUT2D eigenvalue weighted by molar-refractivity contribution is 0.102. The van der Waals surface area contributed by atoms with Gasteiger partial charge in [-0.1, -0.05) is 61.0 Å². The third kappa shape index (κ3) is 4.35. The topological polar surface area (TPSA) is 88.5 Å². The molecule has 0 spiro atoms. The van der Waals surface area contributed by atoms with Crippen LogP contribution in [0.4, 0.5) is 5.95 Å². The molecular formula is C21H19ClN6O. The summed E-state index contributed by atoms with van der Waals surface area (Å²) in [5.74, 6) is 0.624. The van der Waals surface area contributed by atoms with Crippen molar-refractivity contribution in [3.8, 4) is 11.3 Å². The van der Waals surface area contributed by atoms with Crippen molar-refractivity contribution >= 4 is 23.5 Å². The third-order valence-corrected chi connectivity index (χ3v) is 4.66. The minimum absolute atomic E-state index is 0.240. The summed E-state index contributed by atoms with van der Waals surface area (Å²) in [7, 11) is 0. The maximum Gasteiger partial charge on any atom is 0.261 e. The highest BCUT2D eigenvalue weighted by molar-refractivity contribution is 6.30. The molecule has 2 heterocycles. The fourth-order valence-corrected chi connectivity index (χ4v) is 3.06. The highest BCUT2D eigenvalue weighted by atomic mass is 35.5. The van der Waals surface area contributed by atoms with Gasteiger partial charge in [-0.05, 0) is 17.7 Å². The summed E-state index contributed by atoms with van der Waals surface area (Å²) in [6, 6.07) is 17.2. The molecule has 0 aliphatic rings. The summed E-state index contributed by atoms with van der Waals surface area (Å²) in [5, 5.41) is 14.8. The second-order valence-electron chi connectivity index (χ2n) is 6.49. The Morgan fingerprint density at radius 1 is 1.14 bits per heavy atom. The number of benzene rings is 2. The van der Waals surface area contributed by atoms with E-state index in [-0.39, 0.29) is 11.9 Å². The van der Waals surface area contributed by atoms with Crippen molar-refractivity contribution in [3.05, 3.63) is 82.8 Å². The lowest BCUT2D eigenvalue weighted by atomic mass is 10.1. The predicted octanol–water partition coefficient (Wildman–Crippen LogP) is 4.18. The number of hydrogen-bond donors (Lipinski definition) is 2. The normalized spacial score (nSPS) is 10.8. The number of rotatable bonds is 6. The number of aromatic nitrogens is 5. The van der Waals surface area contributed by atoms with Crippen molar-refractivity contribution in [3.63, 3.8) is 0 Å². The molecule has 2 N–H and O–H groups in total. The number of nitrogens with one attached hydrogen (secondary N) is 2. The van der Waals surface area contributed by atoms with Crippen LogP contribution in [-0.4, -0.2) is 30.9 Å². The molecule has 0 aliphatic heterocycles. The van der Waals surface area contributed by atoms with Gasteiger partial charge in [0.25, 0.3) is 5.91 Å². The van der Waals surface area contributed by atoms with Gasteiger partial charge in [0.15, 0.2) is 0 Å². The van der Waals surface area contributed by atoms with Gasteiger partial charge in [-0.3, -0.25) is 19.9 Å². The molecule has 0 bridgehead atoms. The van der Waals surface area contributed by atoms with Gasteiger partial charge in [0, 0.05) is 23.2 Å². The molecule has 7 nitrogen and oxygen atoms in total. The van der Waals surface area contributed by atoms with E-state index in [0.717, 1.165) is 11.1 Å². The van der Waals surface area contributed by atoms with Crippen LogP contribution >= 0.6 is 11.6 Å². The van der Waals surface area contributed by atoms with Crippen molar-refractivity contribution < 1.29 is 4.79 Å². The first-order valence-electron chi connectivity index (χ1n) is 9.22. The molecular weight excluding hydrogens is 388 g/mol. The van der Waals surface area contributed by atoms with Crippen LogP contribution in [0.2, 0.25) is 5.02 Å². The number of hydrogen-bond acceptors (Lipinski definition) is 4. The number of H-pyrrole nitrogens is 1. The maximum absolute atomic E-state index is 13.0. The molecule has 2 aromatic heterocycles. The molecule has 4 rings (SSSR count). The Hall–Kier alpha value is -3.45. The zero-order valence-electron chi connectivity index (χ0n) is 15.8. The van der Waals surface area contributed by atoms with Gasteiger partial charge in [0.2, 0.25) is 5.95 Å². The van der Waals surface area contributed by atoms with Crippen LogP contribution in [-0.2, 0) is 13.0 Å². The molecule has 1 amide bonds. The first-order chi connectivity index (χ1) is 14.1. The van der Waals surface area contributed by atoms with E-state index in [1.165, 1.54) is 0 Å². The maximum atomic E-state index is 13.0. The number of amides is 1. The Bertz CT molecular complexity index is 1120. The monoisotopic (exact) mass is 406 g/mol. The van der Waals surface area contributed by atoms with Crippen LogP contribution in [0.15, 0.2) is 60.8 Å². The van der Waals surface area contributed by atoms with Gasteiger partial charge >= 0.3 is 0 Å². The highest BCUT2D eigenvalue weighted by Crippen LogP contribution is 2.25. The Morgan fingerprint density at radius 2 is 1.90 bits per heavy atom. The van der Waals surface area contributed by atoms with E-state index >= 15 is 0 Å². The molecule has 0 aliphatic carbocycles. The van der Waals surface area contributed by atoms with Crippen LogP contribution < -0.4 is 5.32 Å². The zero-order chi connectivity index (χ0) is 20.2. The highest BCUT2D eigenvalue weighted by Gasteiger charge is 2.19. The first kappa shape index (κ1) is 18.9. The molecule has 29 heavy (non-hydrogen) atoms. The fraction of sp³-hybridized carbons (Fsp3) is 0.143. The number of aromatic amines is 1. The predicted molar refractivity (Wildman–Crippen MR) is 112 cm³/mol. The number of aryl methyl sites for hydroxylation is 1. The van der Waals surface area contributed by atoms with E-state index in [9.17, 15) is 4.79 Å². The molecule has 0 fully saturated rings. The van der Waals surface area contributed by atoms with Crippen LogP contribution in [0.1, 0.15) is 28.7 Å². The molecule has 2 aromatic carbocycles. The second-order valence-corrected chi connectivity index (χ2v) is 6.93. The van der Waals surface area contributed by atoms with Crippen molar-refractivity contribution in [1.29, 1.82) is 0 Å². The Morgan fingerprint density at radius 3 is 2.59 bits per heavy atom. The van der Waals surface area contributed by atoms with E-state index in [1.54, 1.807) is 23.0 Å². The van der Waals surface area contributed by atoms with Gasteiger partial charge < -0.3 is 0 Å². The summed E-state index contributed by atoms with van der Waals surface area (Å²) in [4.78, 5) is 17.2. The van der Waals surface area contributed by atoms with Gasteiger partial charge in [0.1, 0.15) is 11.5 Å². The van der Waals surface area contributed by atoms with Crippen molar-refractivity contribution in [1.82, 2.24) is 25.0 Å². The molecule has 0 unspecified atom stereocenters. The molecule has 4 aromatic rings. The van der Waals surface area contributed by atoms with Crippen molar-refractivity contribution in [2.45, 2.75) is 19.9 Å². The lowest BCUT2D eigenvalue weighted by Gasteiger charge is -2.02. The minimum Gasteiger partial charge on any atom is -0.289 e. The number of halogens is 1. The van der Waals surface area contributed by atoms with Gasteiger partial charge in [-0.15, -0.1) is 5.10 Å². The number of carbonyl (C=O) groups excluding carboxylic acids is 1. The van der Waals surface area contributed by atoms with Gasteiger partial charge in [-0.2, -0.15) is 10.1 Å². The van der Waals surface area contributed by atoms with Crippen LogP contribution in [0, 0.1) is 0 Å². The van der Waals surface area contributed by atoms with Crippen LogP contribution in [0.25, 0.3) is 11.3 Å². The Balaban J connectivity index is 1.67. The third-order valence-electron chi connectivity index (χ3n) is 4.40. The van der Waals surface area contributed by atoms with E-state index in [2.05, 4.69) is 25.6 Å². The summed E-state index contributed by atoms with van der Waals surface area (Å²) < 4.78 is 1.75. The number of nitrogens with zero attached hydrogens (tertiary/aromatic N) is 4. The number of anilines is 1. The van der Waals surface area contributed by atoms with E-state index in [4.69, 9.17) is 11.6 Å². The SMILES string of the molecule is CCc1nc(NC(=O)c2cn(Cc3ccccc3)nc2-c2ccc(Cl)cc2)n[nH]1. The second kappa shape index (κ2) is 8.28. The van der Waals surface area contributed by atoms with Gasteiger partial charge in [0.05, 0.1) is 12.1 Å². The largest absolute Gasteiger partial charge is 0.289 e. The standard InChI is InChI=1S/C21H19ClN6O/c1-2-18-23-21(26-25-18)24-20(29)17-13-28(12-14-6-4-3-5-7-14)27-19(17)15-8-10-16(22)11-9-15/h3-11,13H,2,12H2,1H3,(H2,23,24,25,26,29). The summed E-state index contributed by atoms with van der Waals surface area (Å²) in [6.07, 6.45) is 2.44. The van der Waals surface area contributed by atoms with E-state index < -0.39 is 0 Å². The Kier molecular flexibility index (Phi) is 5.39. The van der Waals surface area contributed by atoms with Crippen molar-refractivity contribution in [2.75, 3.05) is 5.32 Å². The summed E-state index contributed by atoms with van der Waals surface area (Å²) in [5.41, 5.74) is 2.90. The molecule has 0 saturated heterocycles. The van der Waals surface area contributed by atoms with Crippen molar-refractivity contribution in [2.24, 2.45) is 0 Å². The first-order valence-corrected chi connectivity index (χ1v) is 9.60.